The second-order valence-corrected chi connectivity index (χ2v) is 6.13. The first kappa shape index (κ1) is 30.9. The number of carboxylic acid groups (broad SMARTS) is 2. The van der Waals surface area contributed by atoms with Gasteiger partial charge >= 0.3 is 18.5 Å². The van der Waals surface area contributed by atoms with Crippen LogP contribution in [0.2, 0.25) is 0 Å². The summed E-state index contributed by atoms with van der Waals surface area (Å²) in [4.78, 5) is 29.2. The van der Waals surface area contributed by atoms with Crippen molar-refractivity contribution in [1.29, 1.82) is 0 Å². The van der Waals surface area contributed by atoms with E-state index >= 15 is 0 Å². The van der Waals surface area contributed by atoms with Crippen molar-refractivity contribution in [2.45, 2.75) is 13.8 Å². The van der Waals surface area contributed by atoms with Crippen molar-refractivity contribution in [2.75, 3.05) is 26.9 Å². The van der Waals surface area contributed by atoms with Gasteiger partial charge in [0, 0.05) is 4.47 Å². The molecule has 0 aliphatic heterocycles. The van der Waals surface area contributed by atoms with E-state index in [0.29, 0.717) is 6.61 Å². The average Bonchev–Trinajstić information content (AvgIpc) is 2.73. The minimum Gasteiger partial charge on any atom is -0.450 e. The molecule has 0 heterocycles. The van der Waals surface area contributed by atoms with E-state index in [0.717, 1.165) is 4.47 Å². The molecule has 2 rings (SSSR count). The lowest BCUT2D eigenvalue weighted by Gasteiger charge is -1.98. The zero-order valence-electron chi connectivity index (χ0n) is 17.8. The molecule has 0 saturated heterocycles. The van der Waals surface area contributed by atoms with Gasteiger partial charge < -0.3 is 29.2 Å². The summed E-state index contributed by atoms with van der Waals surface area (Å²) in [7, 11) is 1.28. The third-order valence-electron chi connectivity index (χ3n) is 2.68. The van der Waals surface area contributed by atoms with Crippen molar-refractivity contribution in [2.24, 2.45) is 0 Å². The molecule has 178 valence electrons. The van der Waals surface area contributed by atoms with Gasteiger partial charge in [-0.15, -0.1) is 0 Å². The molecular weight excluding hydrogens is 495 g/mol. The van der Waals surface area contributed by atoms with E-state index < -0.39 is 18.5 Å². The van der Waals surface area contributed by atoms with Gasteiger partial charge in [-0.2, -0.15) is 0 Å². The number of carbonyl (C=O) groups excluding carboxylic acids is 1. The van der Waals surface area contributed by atoms with E-state index in [4.69, 9.17) is 10.2 Å². The Balaban J connectivity index is 0. The molecule has 0 aliphatic rings. The van der Waals surface area contributed by atoms with Gasteiger partial charge in [0.25, 0.3) is 0 Å². The predicted octanol–water partition coefficient (Wildman–Crippen LogP) is 5.75. The number of rotatable bonds is 4. The van der Waals surface area contributed by atoms with Gasteiger partial charge in [0.1, 0.15) is 19.0 Å². The monoisotopic (exact) mass is 520 g/mol. The van der Waals surface area contributed by atoms with Gasteiger partial charge in [0.2, 0.25) is 0 Å². The maximum atomic E-state index is 11.9. The smallest absolute Gasteiger partial charge is 0.450 e. The maximum absolute atomic E-state index is 11.9. The van der Waals surface area contributed by atoms with Crippen LogP contribution in [0.25, 0.3) is 0 Å². The summed E-state index contributed by atoms with van der Waals surface area (Å²) in [5.74, 6) is -0.178. The molecule has 0 saturated carbocycles. The van der Waals surface area contributed by atoms with Crippen molar-refractivity contribution >= 4 is 34.4 Å². The topological polar surface area (TPSA) is 129 Å². The molecule has 0 amide bonds. The third kappa shape index (κ3) is 24.7. The molecule has 9 nitrogen and oxygen atoms in total. The molecule has 0 aromatic heterocycles. The highest BCUT2D eigenvalue weighted by atomic mass is 79.9. The molecule has 0 aliphatic carbocycles. The van der Waals surface area contributed by atoms with Crippen molar-refractivity contribution in [3.05, 3.63) is 70.5 Å². The summed E-state index contributed by atoms with van der Waals surface area (Å²) < 4.78 is 29.4. The molecule has 11 heteroatoms. The molecule has 32 heavy (non-hydrogen) atoms. The highest BCUT2D eigenvalue weighted by Gasteiger charge is 1.98. The number of benzene rings is 2. The number of hydrogen-bond acceptors (Lipinski definition) is 7. The van der Waals surface area contributed by atoms with Crippen LogP contribution in [0.1, 0.15) is 12.5 Å². The van der Waals surface area contributed by atoms with Gasteiger partial charge in [0.05, 0.1) is 13.7 Å². The van der Waals surface area contributed by atoms with E-state index in [1.165, 1.54) is 24.8 Å². The van der Waals surface area contributed by atoms with Crippen LogP contribution in [0.3, 0.4) is 0 Å². The largest absolute Gasteiger partial charge is 0.507 e. The minimum atomic E-state index is -1.45. The second kappa shape index (κ2) is 20.9. The fraction of sp³-hybridized carbons (Fsp3) is 0.286. The van der Waals surface area contributed by atoms with Gasteiger partial charge in [-0.25, -0.2) is 18.8 Å². The van der Waals surface area contributed by atoms with Gasteiger partial charge in [-0.05, 0) is 38.1 Å². The van der Waals surface area contributed by atoms with E-state index in [1.54, 1.807) is 25.1 Å². The summed E-state index contributed by atoms with van der Waals surface area (Å²) in [6, 6.07) is 16.1. The molecule has 0 unspecified atom stereocenters. The van der Waals surface area contributed by atoms with Crippen LogP contribution >= 0.6 is 15.9 Å². The lowest BCUT2D eigenvalue weighted by atomic mass is 10.2. The Kier molecular flexibility index (Phi) is 20.2. The summed E-state index contributed by atoms with van der Waals surface area (Å²) in [5.41, 5.74) is 1.29. The lowest BCUT2D eigenvalue weighted by molar-refractivity contribution is 0.0472. The molecule has 2 aromatic carbocycles. The molecule has 0 radical (unpaired) electrons. The number of methoxy groups -OCH3 is 1. The first-order valence-electron chi connectivity index (χ1n) is 8.97. The van der Waals surface area contributed by atoms with E-state index in [9.17, 15) is 18.8 Å². The normalized spacial score (nSPS) is 8.53. The van der Waals surface area contributed by atoms with Crippen molar-refractivity contribution in [3.8, 4) is 0 Å². The van der Waals surface area contributed by atoms with E-state index in [1.807, 2.05) is 12.1 Å². The Morgan fingerprint density at radius 2 is 1.44 bits per heavy atom. The Bertz CT molecular complexity index is 740. The summed E-state index contributed by atoms with van der Waals surface area (Å²) in [6.45, 7) is 3.61. The van der Waals surface area contributed by atoms with Crippen molar-refractivity contribution in [3.63, 3.8) is 0 Å². The van der Waals surface area contributed by atoms with Crippen LogP contribution in [0.5, 0.6) is 0 Å². The van der Waals surface area contributed by atoms with Crippen LogP contribution < -0.4 is 0 Å². The van der Waals surface area contributed by atoms with Crippen LogP contribution in [-0.4, -0.2) is 55.6 Å². The van der Waals surface area contributed by atoms with Crippen LogP contribution in [0.4, 0.5) is 18.8 Å². The first-order valence-corrected chi connectivity index (χ1v) is 9.76. The van der Waals surface area contributed by atoms with Gasteiger partial charge in [0.15, 0.2) is 0 Å². The van der Waals surface area contributed by atoms with Crippen LogP contribution in [0, 0.1) is 12.7 Å². The molecule has 0 spiro atoms. The SMILES string of the molecule is CCOC(=O)OC.Cc1cccc(Br)c1.Fc1ccccc1.O=C(O)OCCOC(=O)O. The summed E-state index contributed by atoms with van der Waals surface area (Å²) in [5, 5.41) is 15.7. The molecule has 0 bridgehead atoms. The number of hydrogen-bond donors (Lipinski definition) is 2. The number of ether oxygens (including phenoxy) is 4. The minimum absolute atomic E-state index is 0.178. The van der Waals surface area contributed by atoms with Crippen molar-refractivity contribution < 1.29 is 47.9 Å². The Morgan fingerprint density at radius 3 is 1.69 bits per heavy atom. The zero-order chi connectivity index (χ0) is 24.8. The zero-order valence-corrected chi connectivity index (χ0v) is 19.4. The highest BCUT2D eigenvalue weighted by molar-refractivity contribution is 9.10. The highest BCUT2D eigenvalue weighted by Crippen LogP contribution is 2.09. The summed E-state index contributed by atoms with van der Waals surface area (Å²) in [6.07, 6.45) is -3.52. The van der Waals surface area contributed by atoms with Gasteiger partial charge in [-0.3, -0.25) is 0 Å². The third-order valence-corrected chi connectivity index (χ3v) is 3.17. The molecular formula is C21H26BrFO9. The molecule has 2 aromatic rings. The Labute approximate surface area is 193 Å². The fourth-order valence-electron chi connectivity index (χ4n) is 1.45. The van der Waals surface area contributed by atoms with Crippen LogP contribution in [0.15, 0.2) is 59.1 Å². The second-order valence-electron chi connectivity index (χ2n) is 5.21. The number of carbonyl (C=O) groups is 3. The van der Waals surface area contributed by atoms with Crippen LogP contribution in [-0.2, 0) is 18.9 Å². The standard InChI is InChI=1S/C7H7Br.C6H5F.C4H6O6.C4H8O3/c1-6-3-2-4-7(8)5-6;7-6-4-2-1-3-5-6;5-3(6)9-1-2-10-4(7)8;1-3-7-4(5)6-2/h2-5H,1H3;1-5H;1-2H2,(H,5,6)(H,7,8);3H2,1-2H3. The number of halogens is 2. The Morgan fingerprint density at radius 1 is 0.906 bits per heavy atom. The molecule has 2 N–H and O–H groups in total. The quantitative estimate of drug-likeness (QED) is 0.294. The van der Waals surface area contributed by atoms with Gasteiger partial charge in [-0.1, -0.05) is 51.8 Å². The van der Waals surface area contributed by atoms with E-state index in [2.05, 4.69) is 53.9 Å². The molecule has 0 atom stereocenters. The van der Waals surface area contributed by atoms with E-state index in [-0.39, 0.29) is 19.0 Å². The molecule has 0 fully saturated rings. The number of aryl methyl sites for hydroxylation is 1. The summed E-state index contributed by atoms with van der Waals surface area (Å²) >= 11 is 3.36. The Hall–Kier alpha value is -3.34. The predicted molar refractivity (Wildman–Crippen MR) is 117 cm³/mol. The first-order chi connectivity index (χ1) is 15.1. The van der Waals surface area contributed by atoms with Crippen molar-refractivity contribution in [1.82, 2.24) is 0 Å². The lowest BCUT2D eigenvalue weighted by Crippen LogP contribution is -2.10. The average molecular weight is 521 g/mol. The fourth-order valence-corrected chi connectivity index (χ4v) is 1.97. The maximum Gasteiger partial charge on any atom is 0.507 e.